The first-order valence-corrected chi connectivity index (χ1v) is 20.3. The van der Waals surface area contributed by atoms with Crippen LogP contribution in [0.1, 0.15) is 114 Å². The van der Waals surface area contributed by atoms with Gasteiger partial charge in [-0.3, -0.25) is 0 Å². The molecule has 0 saturated carbocycles. The van der Waals surface area contributed by atoms with Crippen molar-refractivity contribution in [3.8, 4) is 11.5 Å². The number of para-hydroxylation sites is 2. The van der Waals surface area contributed by atoms with E-state index in [1.54, 1.807) is 14.2 Å². The predicted molar refractivity (Wildman–Crippen MR) is 215 cm³/mol. The molecule has 0 atom stereocenters. The maximum atomic E-state index is 5.41. The Morgan fingerprint density at radius 3 is 0.900 bits per heavy atom. The van der Waals surface area contributed by atoms with E-state index in [4.69, 9.17) is 9.47 Å². The Bertz CT molecular complexity index is 930. The lowest BCUT2D eigenvalue weighted by atomic mass is 10.1. The molecule has 2 aromatic carbocycles. The normalized spacial score (nSPS) is 11.3. The highest BCUT2D eigenvalue weighted by molar-refractivity contribution is 5.33. The molecule has 0 aliphatic carbocycles. The van der Waals surface area contributed by atoms with E-state index in [1.165, 1.54) is 127 Å². The van der Waals surface area contributed by atoms with Gasteiger partial charge < -0.3 is 41.4 Å². The fourth-order valence-corrected chi connectivity index (χ4v) is 6.24. The van der Waals surface area contributed by atoms with Crippen molar-refractivity contribution >= 4 is 0 Å². The number of nitrogens with one attached hydrogen (secondary N) is 6. The standard InChI is InChI=1S/C42H76N6O2/c1-49-41-25-13-11-23-39(41)37-47-35-21-33-45-31-19-9-7-17-29-43-27-15-5-3-4-6-16-28-44-30-18-8-10-20-32-46-34-22-36-48-38-40-24-12-14-26-42(40)50-2/h11-14,23-26,43-48H,3-10,15-22,27-38H2,1-2H3. The first-order chi connectivity index (χ1) is 24.8. The molecule has 0 heterocycles. The highest BCUT2D eigenvalue weighted by Crippen LogP contribution is 2.17. The molecule has 50 heavy (non-hydrogen) atoms. The van der Waals surface area contributed by atoms with E-state index < -0.39 is 0 Å². The molecule has 0 fully saturated rings. The van der Waals surface area contributed by atoms with Crippen molar-refractivity contribution in [2.75, 3.05) is 79.7 Å². The van der Waals surface area contributed by atoms with E-state index in [0.29, 0.717) is 0 Å². The summed E-state index contributed by atoms with van der Waals surface area (Å²) in [5.74, 6) is 1.93. The van der Waals surface area contributed by atoms with Gasteiger partial charge in [-0.1, -0.05) is 87.8 Å². The van der Waals surface area contributed by atoms with Gasteiger partial charge in [-0.15, -0.1) is 0 Å². The van der Waals surface area contributed by atoms with Crippen LogP contribution in [0.25, 0.3) is 0 Å². The molecule has 0 aliphatic heterocycles. The lowest BCUT2D eigenvalue weighted by molar-refractivity contribution is 0.407. The van der Waals surface area contributed by atoms with Gasteiger partial charge in [0.1, 0.15) is 11.5 Å². The molecule has 0 saturated heterocycles. The second-order valence-electron chi connectivity index (χ2n) is 13.6. The number of hydrogen-bond acceptors (Lipinski definition) is 8. The fourth-order valence-electron chi connectivity index (χ4n) is 6.24. The van der Waals surface area contributed by atoms with Gasteiger partial charge >= 0.3 is 0 Å². The van der Waals surface area contributed by atoms with Crippen LogP contribution in [0.15, 0.2) is 48.5 Å². The van der Waals surface area contributed by atoms with Crippen molar-refractivity contribution in [3.63, 3.8) is 0 Å². The zero-order chi connectivity index (χ0) is 35.4. The summed E-state index contributed by atoms with van der Waals surface area (Å²) in [5, 5.41) is 21.5. The number of unbranched alkanes of at least 4 members (excludes halogenated alkanes) is 11. The number of ether oxygens (including phenoxy) is 2. The number of methoxy groups -OCH3 is 2. The first-order valence-electron chi connectivity index (χ1n) is 20.3. The van der Waals surface area contributed by atoms with Gasteiger partial charge in [-0.25, -0.2) is 0 Å². The van der Waals surface area contributed by atoms with Crippen LogP contribution in [0.3, 0.4) is 0 Å². The molecule has 2 rings (SSSR count). The molecular formula is C42H76N6O2. The molecule has 8 heteroatoms. The van der Waals surface area contributed by atoms with Crippen molar-refractivity contribution in [2.24, 2.45) is 0 Å². The van der Waals surface area contributed by atoms with Crippen LogP contribution in [0.5, 0.6) is 11.5 Å². The van der Waals surface area contributed by atoms with Crippen LogP contribution in [-0.2, 0) is 13.1 Å². The summed E-state index contributed by atoms with van der Waals surface area (Å²) in [6, 6.07) is 16.5. The average Bonchev–Trinajstić information content (AvgIpc) is 3.15. The molecule has 0 radical (unpaired) electrons. The average molecular weight is 697 g/mol. The summed E-state index contributed by atoms with van der Waals surface area (Å²) in [6.45, 7) is 13.0. The zero-order valence-corrected chi connectivity index (χ0v) is 32.2. The molecule has 0 spiro atoms. The smallest absolute Gasteiger partial charge is 0.123 e. The minimum Gasteiger partial charge on any atom is -0.496 e. The monoisotopic (exact) mass is 697 g/mol. The van der Waals surface area contributed by atoms with Crippen LogP contribution in [0.4, 0.5) is 0 Å². The number of benzene rings is 2. The van der Waals surface area contributed by atoms with Crippen LogP contribution in [0, 0.1) is 0 Å². The minimum atomic E-state index is 0.865. The van der Waals surface area contributed by atoms with E-state index in [-0.39, 0.29) is 0 Å². The van der Waals surface area contributed by atoms with Crippen molar-refractivity contribution in [1.29, 1.82) is 0 Å². The predicted octanol–water partition coefficient (Wildman–Crippen LogP) is 7.18. The Morgan fingerprint density at radius 1 is 0.320 bits per heavy atom. The largest absolute Gasteiger partial charge is 0.496 e. The van der Waals surface area contributed by atoms with E-state index in [9.17, 15) is 0 Å². The van der Waals surface area contributed by atoms with Crippen molar-refractivity contribution < 1.29 is 9.47 Å². The quantitative estimate of drug-likeness (QED) is 0.0415. The van der Waals surface area contributed by atoms with E-state index in [2.05, 4.69) is 56.2 Å². The number of rotatable bonds is 37. The highest BCUT2D eigenvalue weighted by atomic mass is 16.5. The topological polar surface area (TPSA) is 90.6 Å². The molecule has 0 aromatic heterocycles. The van der Waals surface area contributed by atoms with Crippen molar-refractivity contribution in [1.82, 2.24) is 31.9 Å². The zero-order valence-electron chi connectivity index (χ0n) is 32.2. The van der Waals surface area contributed by atoms with Crippen molar-refractivity contribution in [2.45, 2.75) is 116 Å². The van der Waals surface area contributed by atoms with Gasteiger partial charge in [0.05, 0.1) is 14.2 Å². The minimum absolute atomic E-state index is 0.865. The Kier molecular flexibility index (Phi) is 29.8. The fraction of sp³-hybridized carbons (Fsp3) is 0.714. The van der Waals surface area contributed by atoms with Gasteiger partial charge in [-0.05, 0) is 129 Å². The van der Waals surface area contributed by atoms with Crippen LogP contribution >= 0.6 is 0 Å². The molecular weight excluding hydrogens is 621 g/mol. The van der Waals surface area contributed by atoms with Gasteiger partial charge in [0.15, 0.2) is 0 Å². The Labute approximate surface area is 307 Å². The molecule has 6 N–H and O–H groups in total. The summed E-state index contributed by atoms with van der Waals surface area (Å²) >= 11 is 0. The molecule has 286 valence electrons. The van der Waals surface area contributed by atoms with E-state index >= 15 is 0 Å². The van der Waals surface area contributed by atoms with Gasteiger partial charge in [0.25, 0.3) is 0 Å². The third kappa shape index (κ3) is 24.9. The molecule has 0 unspecified atom stereocenters. The van der Waals surface area contributed by atoms with E-state index in [0.717, 1.165) is 76.7 Å². The molecule has 2 aromatic rings. The molecule has 0 amide bonds. The summed E-state index contributed by atoms with van der Waals surface area (Å²) in [6.07, 6.45) is 21.0. The van der Waals surface area contributed by atoms with Crippen LogP contribution in [0.2, 0.25) is 0 Å². The van der Waals surface area contributed by atoms with Gasteiger partial charge in [0.2, 0.25) is 0 Å². The summed E-state index contributed by atoms with van der Waals surface area (Å²) in [5.41, 5.74) is 2.45. The Morgan fingerprint density at radius 2 is 0.580 bits per heavy atom. The van der Waals surface area contributed by atoms with E-state index in [1.807, 2.05) is 24.3 Å². The molecule has 0 aliphatic rings. The second-order valence-corrected chi connectivity index (χ2v) is 13.6. The summed E-state index contributed by atoms with van der Waals surface area (Å²) in [4.78, 5) is 0. The molecule has 8 nitrogen and oxygen atoms in total. The van der Waals surface area contributed by atoms with Crippen LogP contribution < -0.4 is 41.4 Å². The Hall–Kier alpha value is -2.20. The lowest BCUT2D eigenvalue weighted by Crippen LogP contribution is -2.22. The third-order valence-corrected chi connectivity index (χ3v) is 9.30. The second kappa shape index (κ2) is 33.9. The third-order valence-electron chi connectivity index (χ3n) is 9.30. The van der Waals surface area contributed by atoms with Gasteiger partial charge in [0, 0.05) is 24.2 Å². The van der Waals surface area contributed by atoms with Gasteiger partial charge in [-0.2, -0.15) is 0 Å². The van der Waals surface area contributed by atoms with Crippen molar-refractivity contribution in [3.05, 3.63) is 59.7 Å². The lowest BCUT2D eigenvalue weighted by Gasteiger charge is -2.10. The summed E-state index contributed by atoms with van der Waals surface area (Å²) in [7, 11) is 3.47. The summed E-state index contributed by atoms with van der Waals surface area (Å²) < 4.78 is 10.8. The van der Waals surface area contributed by atoms with Crippen LogP contribution in [-0.4, -0.2) is 79.7 Å². The maximum absolute atomic E-state index is 5.41. The maximum Gasteiger partial charge on any atom is 0.123 e. The Balaban J connectivity index is 1.16. The SMILES string of the molecule is COc1ccccc1CNCCCNCCCCCCNCCCCCCCCNCCCCCCNCCCNCc1ccccc1OC. The molecule has 0 bridgehead atoms. The first kappa shape index (κ1) is 44.0. The number of hydrogen-bond donors (Lipinski definition) is 6. The highest BCUT2D eigenvalue weighted by Gasteiger charge is 2.02.